The average Bonchev–Trinajstić information content (AvgIpc) is 3.27. The molecule has 33 heavy (non-hydrogen) atoms. The number of fused-ring (bicyclic) bond motifs is 5. The van der Waals surface area contributed by atoms with E-state index < -0.39 is 6.04 Å². The number of carbonyl (C=O) groups excluding carboxylic acids is 1. The smallest absolute Gasteiger partial charge is 0.335 e. The maximum absolute atomic E-state index is 12.6. The molecule has 0 bridgehead atoms. The lowest BCUT2D eigenvalue weighted by atomic mass is 9.49. The van der Waals surface area contributed by atoms with Crippen LogP contribution in [0.5, 0.6) is 0 Å². The van der Waals surface area contributed by atoms with E-state index in [1.165, 1.54) is 37.7 Å². The highest BCUT2D eigenvalue weighted by Crippen LogP contribution is 2.62. The molecule has 9 unspecified atom stereocenters. The van der Waals surface area contributed by atoms with E-state index >= 15 is 0 Å². The molecule has 182 valence electrons. The maximum atomic E-state index is 12.6. The number of ether oxygens (including phenoxy) is 1. The van der Waals surface area contributed by atoms with Gasteiger partial charge in [0.25, 0.3) is 0 Å². The summed E-state index contributed by atoms with van der Waals surface area (Å²) in [6.45, 7) is 4.17. The van der Waals surface area contributed by atoms with Crippen molar-refractivity contribution in [2.75, 3.05) is 0 Å². The summed E-state index contributed by atoms with van der Waals surface area (Å²) in [4.78, 5) is 24.2. The van der Waals surface area contributed by atoms with E-state index in [0.29, 0.717) is 30.1 Å². The highest BCUT2D eigenvalue weighted by molar-refractivity contribution is 5.75. The van der Waals surface area contributed by atoms with E-state index in [1.54, 1.807) is 12.3 Å². The zero-order valence-corrected chi connectivity index (χ0v) is 20.3. The van der Waals surface area contributed by atoms with Crippen LogP contribution in [0, 0.1) is 41.4 Å². The van der Waals surface area contributed by atoms with Crippen LogP contribution < -0.4 is 11.4 Å². The highest BCUT2D eigenvalue weighted by atomic mass is 16.5. The molecule has 4 saturated carbocycles. The topological polar surface area (TPSA) is 82.5 Å². The monoisotopic (exact) mass is 455 g/mol. The van der Waals surface area contributed by atoms with Crippen molar-refractivity contribution in [3.63, 3.8) is 0 Å². The normalized spacial score (nSPS) is 38.8. The van der Waals surface area contributed by atoms with Gasteiger partial charge >= 0.3 is 11.6 Å². The standard InChI is InChI=1S/C28H41NO4/c1-16(2)12-25(29)28(31)33-20-8-10-21-19(13-20)14-24(18-7-11-26(30)32-15-18)27-22-5-3-4-17(22)6-9-23(21)27/h7,11,15-17,19-25,27H,3-6,8-10,12-14,29H2,1-2H3. The Balaban J connectivity index is 1.35. The van der Waals surface area contributed by atoms with Gasteiger partial charge in [0, 0.05) is 6.07 Å². The van der Waals surface area contributed by atoms with Crippen molar-refractivity contribution in [1.29, 1.82) is 0 Å². The Morgan fingerprint density at radius 1 is 1.03 bits per heavy atom. The zero-order chi connectivity index (χ0) is 23.1. The van der Waals surface area contributed by atoms with Gasteiger partial charge in [-0.05, 0) is 110 Å². The molecular formula is C28H41NO4. The van der Waals surface area contributed by atoms with Gasteiger partial charge in [0.15, 0.2) is 0 Å². The Bertz CT molecular complexity index is 874. The summed E-state index contributed by atoms with van der Waals surface area (Å²) in [6.07, 6.45) is 13.5. The van der Waals surface area contributed by atoms with Crippen LogP contribution in [0.2, 0.25) is 0 Å². The predicted molar refractivity (Wildman–Crippen MR) is 128 cm³/mol. The number of hydrogen-bond acceptors (Lipinski definition) is 5. The molecule has 0 amide bonds. The van der Waals surface area contributed by atoms with Crippen LogP contribution >= 0.6 is 0 Å². The summed E-state index contributed by atoms with van der Waals surface area (Å²) in [5, 5.41) is 0. The highest BCUT2D eigenvalue weighted by Gasteiger charge is 2.53. The van der Waals surface area contributed by atoms with E-state index in [0.717, 1.165) is 49.4 Å². The number of rotatable bonds is 5. The van der Waals surface area contributed by atoms with E-state index in [4.69, 9.17) is 14.9 Å². The number of esters is 1. The molecule has 4 aliphatic rings. The number of hydrogen-bond donors (Lipinski definition) is 1. The average molecular weight is 456 g/mol. The molecule has 4 fully saturated rings. The fourth-order valence-electron chi connectivity index (χ4n) is 8.41. The van der Waals surface area contributed by atoms with Crippen LogP contribution in [0.25, 0.3) is 0 Å². The second-order valence-corrected chi connectivity index (χ2v) is 11.9. The molecule has 5 heteroatoms. The van der Waals surface area contributed by atoms with Crippen molar-refractivity contribution < 1.29 is 13.9 Å². The molecule has 4 aliphatic carbocycles. The number of carbonyl (C=O) groups is 1. The first-order valence-corrected chi connectivity index (χ1v) is 13.5. The molecule has 0 aromatic carbocycles. The van der Waals surface area contributed by atoms with Gasteiger partial charge in [0.1, 0.15) is 12.1 Å². The Morgan fingerprint density at radius 3 is 2.61 bits per heavy atom. The molecule has 0 saturated heterocycles. The van der Waals surface area contributed by atoms with E-state index in [2.05, 4.69) is 13.8 Å². The molecule has 0 radical (unpaired) electrons. The molecule has 1 aromatic rings. The van der Waals surface area contributed by atoms with Crippen molar-refractivity contribution >= 4 is 5.97 Å². The van der Waals surface area contributed by atoms with Crippen LogP contribution in [0.1, 0.15) is 89.5 Å². The van der Waals surface area contributed by atoms with Gasteiger partial charge in [0.2, 0.25) is 0 Å². The summed E-state index contributed by atoms with van der Waals surface area (Å²) in [5.41, 5.74) is 7.04. The fourth-order valence-corrected chi connectivity index (χ4v) is 8.41. The Morgan fingerprint density at radius 2 is 1.85 bits per heavy atom. The van der Waals surface area contributed by atoms with Gasteiger partial charge < -0.3 is 14.9 Å². The first kappa shape index (κ1) is 23.1. The summed E-state index contributed by atoms with van der Waals surface area (Å²) < 4.78 is 11.3. The van der Waals surface area contributed by atoms with Gasteiger partial charge in [0.05, 0.1) is 6.26 Å². The molecule has 5 nitrogen and oxygen atoms in total. The van der Waals surface area contributed by atoms with Crippen LogP contribution in [0.15, 0.2) is 27.6 Å². The Hall–Kier alpha value is -1.62. The van der Waals surface area contributed by atoms with Gasteiger partial charge in [-0.1, -0.05) is 26.7 Å². The quantitative estimate of drug-likeness (QED) is 0.612. The van der Waals surface area contributed by atoms with Crippen LogP contribution in [0.4, 0.5) is 0 Å². The summed E-state index contributed by atoms with van der Waals surface area (Å²) in [7, 11) is 0. The third-order valence-electron chi connectivity index (χ3n) is 9.60. The third-order valence-corrected chi connectivity index (χ3v) is 9.60. The summed E-state index contributed by atoms with van der Waals surface area (Å²) >= 11 is 0. The first-order valence-electron chi connectivity index (χ1n) is 13.5. The van der Waals surface area contributed by atoms with Gasteiger partial charge in [-0.2, -0.15) is 0 Å². The zero-order valence-electron chi connectivity index (χ0n) is 20.3. The molecule has 1 heterocycles. The van der Waals surface area contributed by atoms with E-state index in [-0.39, 0.29) is 17.7 Å². The molecule has 0 spiro atoms. The minimum Gasteiger partial charge on any atom is -0.461 e. The Kier molecular flexibility index (Phi) is 6.70. The third kappa shape index (κ3) is 4.67. The van der Waals surface area contributed by atoms with Gasteiger partial charge in [-0.15, -0.1) is 0 Å². The van der Waals surface area contributed by atoms with Crippen molar-refractivity contribution in [2.45, 2.75) is 96.1 Å². The lowest BCUT2D eigenvalue weighted by Gasteiger charge is -2.56. The van der Waals surface area contributed by atoms with Crippen molar-refractivity contribution in [3.8, 4) is 0 Å². The van der Waals surface area contributed by atoms with Crippen molar-refractivity contribution in [3.05, 3.63) is 34.4 Å². The summed E-state index contributed by atoms with van der Waals surface area (Å²) in [6, 6.07) is 3.08. The maximum Gasteiger partial charge on any atom is 0.335 e. The van der Waals surface area contributed by atoms with Crippen molar-refractivity contribution in [1.82, 2.24) is 0 Å². The van der Waals surface area contributed by atoms with Crippen LogP contribution in [-0.2, 0) is 9.53 Å². The fraction of sp³-hybridized carbons (Fsp3) is 0.786. The largest absolute Gasteiger partial charge is 0.461 e. The first-order chi connectivity index (χ1) is 15.9. The molecule has 5 rings (SSSR count). The molecule has 2 N–H and O–H groups in total. The van der Waals surface area contributed by atoms with Gasteiger partial charge in [-0.3, -0.25) is 4.79 Å². The van der Waals surface area contributed by atoms with E-state index in [1.807, 2.05) is 6.07 Å². The van der Waals surface area contributed by atoms with E-state index in [9.17, 15) is 9.59 Å². The van der Waals surface area contributed by atoms with Crippen LogP contribution in [0.3, 0.4) is 0 Å². The lowest BCUT2D eigenvalue weighted by Crippen LogP contribution is -2.49. The SMILES string of the molecule is CC(C)CC(N)C(=O)OC1CCC2C(C1)CC(c1ccc(=O)oc1)C1C3CCCC3CCC21. The number of nitrogens with two attached hydrogens (primary N) is 1. The predicted octanol–water partition coefficient (Wildman–Crippen LogP) is 5.27. The minimum atomic E-state index is -0.518. The summed E-state index contributed by atoms with van der Waals surface area (Å²) in [5.74, 6) is 5.08. The molecule has 1 aromatic heterocycles. The molecule has 9 atom stereocenters. The second kappa shape index (κ2) is 9.56. The second-order valence-electron chi connectivity index (χ2n) is 11.9. The van der Waals surface area contributed by atoms with Crippen molar-refractivity contribution in [2.24, 2.45) is 47.2 Å². The molecule has 0 aliphatic heterocycles. The Labute approximate surface area is 197 Å². The van der Waals surface area contributed by atoms with Gasteiger partial charge in [-0.25, -0.2) is 4.79 Å². The minimum absolute atomic E-state index is 0.00862. The van der Waals surface area contributed by atoms with Crippen LogP contribution in [-0.4, -0.2) is 18.1 Å². The molecular weight excluding hydrogens is 414 g/mol. The lowest BCUT2D eigenvalue weighted by molar-refractivity contribution is -0.156.